The number of carbonyl (C=O) groups is 1. The molecule has 1 aromatic carbocycles. The van der Waals surface area contributed by atoms with Crippen molar-refractivity contribution in [3.05, 3.63) is 22.7 Å². The molecule has 0 saturated heterocycles. The van der Waals surface area contributed by atoms with E-state index in [1.807, 2.05) is 6.92 Å². The van der Waals surface area contributed by atoms with E-state index in [-0.39, 0.29) is 16.6 Å². The summed E-state index contributed by atoms with van der Waals surface area (Å²) in [4.78, 5) is 18.0. The lowest BCUT2D eigenvalue weighted by molar-refractivity contribution is 0.0606. The number of methoxy groups -OCH3 is 1. The van der Waals surface area contributed by atoms with Crippen molar-refractivity contribution in [2.24, 2.45) is 0 Å². The van der Waals surface area contributed by atoms with E-state index in [1.54, 1.807) is 6.07 Å². The summed E-state index contributed by atoms with van der Waals surface area (Å²) < 4.78 is 45.9. The molecule has 0 fully saturated rings. The maximum absolute atomic E-state index is 12.5. The van der Waals surface area contributed by atoms with Crippen LogP contribution in [0.15, 0.2) is 17.2 Å². The summed E-state index contributed by atoms with van der Waals surface area (Å²) >= 11 is 1.04. The monoisotopic (exact) mass is 498 g/mol. The third-order valence-corrected chi connectivity index (χ3v) is 7.20. The van der Waals surface area contributed by atoms with Gasteiger partial charge in [-0.25, -0.2) is 9.78 Å². The molecule has 0 spiro atoms. The Labute approximate surface area is 198 Å². The van der Waals surface area contributed by atoms with Crippen LogP contribution < -0.4 is 20.5 Å². The number of hydrazine groups is 1. The summed E-state index contributed by atoms with van der Waals surface area (Å²) in [5.74, 6) is 0.0336. The average Bonchev–Trinajstić information content (AvgIpc) is 3.25. The molecular formula is C21H30N4O6S2. The minimum absolute atomic E-state index is 0.142. The van der Waals surface area contributed by atoms with Crippen molar-refractivity contribution < 1.29 is 27.2 Å². The Hall–Kier alpha value is -2.57. The topological polar surface area (TPSA) is 130 Å². The van der Waals surface area contributed by atoms with Gasteiger partial charge in [-0.15, -0.1) is 0 Å². The number of aromatic nitrogens is 1. The van der Waals surface area contributed by atoms with Crippen LogP contribution in [0, 0.1) is 0 Å². The Morgan fingerprint density at radius 3 is 2.73 bits per heavy atom. The molecule has 0 bridgehead atoms. The number of benzene rings is 1. The molecule has 1 atom stereocenters. The van der Waals surface area contributed by atoms with Crippen molar-refractivity contribution >= 4 is 43.9 Å². The predicted molar refractivity (Wildman–Crippen MR) is 128 cm³/mol. The molecule has 0 amide bonds. The van der Waals surface area contributed by atoms with Crippen LogP contribution in [0.2, 0.25) is 0 Å². The molecule has 182 valence electrons. The molecule has 33 heavy (non-hydrogen) atoms. The van der Waals surface area contributed by atoms with Crippen LogP contribution >= 0.6 is 11.3 Å². The molecule has 2 aromatic rings. The van der Waals surface area contributed by atoms with Gasteiger partial charge in [-0.3, -0.25) is 15.4 Å². The Morgan fingerprint density at radius 1 is 1.33 bits per heavy atom. The number of ether oxygens (including phenoxy) is 2. The SMILES string of the molecule is CCCOc1cc(NNc2ncc(C(=O)OC)s2)c(S(=O)(=O)O)c2c1N(CCC)C(C)CC2. The molecular weight excluding hydrogens is 468 g/mol. The minimum atomic E-state index is -4.56. The van der Waals surface area contributed by atoms with Gasteiger partial charge in [0.15, 0.2) is 0 Å². The van der Waals surface area contributed by atoms with Crippen LogP contribution in [0.5, 0.6) is 5.75 Å². The zero-order valence-corrected chi connectivity index (χ0v) is 20.8. The van der Waals surface area contributed by atoms with E-state index in [0.29, 0.717) is 40.0 Å². The molecule has 0 saturated carbocycles. The number of thiazole rings is 1. The highest BCUT2D eigenvalue weighted by atomic mass is 32.2. The summed E-state index contributed by atoms with van der Waals surface area (Å²) in [6, 6.07) is 1.79. The number of fused-ring (bicyclic) bond motifs is 1. The molecule has 1 aliphatic heterocycles. The standard InChI is InChI=1S/C21H30N4O6S2/c1-5-9-25-13(3)7-8-14-18(25)16(31-10-6-2)11-15(19(14)33(27,28)29)23-24-21-22-12-17(32-21)20(26)30-4/h11-13,23H,5-10H2,1-4H3,(H,22,24)(H,27,28,29). The first-order valence-corrected chi connectivity index (χ1v) is 13.1. The largest absolute Gasteiger partial charge is 0.491 e. The second-order valence-electron chi connectivity index (χ2n) is 7.75. The van der Waals surface area contributed by atoms with Crippen molar-refractivity contribution in [3.8, 4) is 5.75 Å². The van der Waals surface area contributed by atoms with Crippen LogP contribution in [0.3, 0.4) is 0 Å². The third-order valence-electron chi connectivity index (χ3n) is 5.33. The third kappa shape index (κ3) is 5.50. The maximum Gasteiger partial charge on any atom is 0.349 e. The van der Waals surface area contributed by atoms with Crippen LogP contribution in [-0.4, -0.2) is 50.2 Å². The molecule has 3 N–H and O–H groups in total. The fourth-order valence-electron chi connectivity index (χ4n) is 3.89. The number of nitrogens with zero attached hydrogens (tertiary/aromatic N) is 2. The minimum Gasteiger partial charge on any atom is -0.491 e. The second-order valence-corrected chi connectivity index (χ2v) is 10.1. The predicted octanol–water partition coefficient (Wildman–Crippen LogP) is 3.96. The van der Waals surface area contributed by atoms with Gasteiger partial charge in [0.2, 0.25) is 5.13 Å². The zero-order valence-electron chi connectivity index (χ0n) is 19.2. The van der Waals surface area contributed by atoms with Gasteiger partial charge in [0.25, 0.3) is 10.1 Å². The molecule has 1 unspecified atom stereocenters. The average molecular weight is 499 g/mol. The number of anilines is 3. The first-order valence-electron chi connectivity index (χ1n) is 10.8. The maximum atomic E-state index is 12.5. The van der Waals surface area contributed by atoms with Crippen LogP contribution in [0.25, 0.3) is 0 Å². The van der Waals surface area contributed by atoms with E-state index in [9.17, 15) is 17.8 Å². The van der Waals surface area contributed by atoms with Crippen molar-refractivity contribution in [3.63, 3.8) is 0 Å². The first kappa shape index (κ1) is 25.1. The van der Waals surface area contributed by atoms with E-state index in [2.05, 4.69) is 39.3 Å². The van der Waals surface area contributed by atoms with Gasteiger partial charge < -0.3 is 14.4 Å². The Morgan fingerprint density at radius 2 is 2.09 bits per heavy atom. The van der Waals surface area contributed by atoms with Gasteiger partial charge in [0.1, 0.15) is 15.5 Å². The number of esters is 1. The zero-order chi connectivity index (χ0) is 24.2. The van der Waals surface area contributed by atoms with E-state index in [0.717, 1.165) is 37.1 Å². The Balaban J connectivity index is 2.07. The molecule has 10 nitrogen and oxygen atoms in total. The fourth-order valence-corrected chi connectivity index (χ4v) is 5.48. The summed E-state index contributed by atoms with van der Waals surface area (Å²) in [5, 5.41) is 0.326. The van der Waals surface area contributed by atoms with Crippen molar-refractivity contribution in [1.29, 1.82) is 0 Å². The highest BCUT2D eigenvalue weighted by Gasteiger charge is 2.34. The molecule has 1 aromatic heterocycles. The van der Waals surface area contributed by atoms with Gasteiger partial charge in [0.05, 0.1) is 31.3 Å². The van der Waals surface area contributed by atoms with Gasteiger partial charge in [-0.2, -0.15) is 8.42 Å². The Kier molecular flexibility index (Phi) is 8.03. The van der Waals surface area contributed by atoms with Gasteiger partial charge in [-0.1, -0.05) is 25.2 Å². The van der Waals surface area contributed by atoms with Crippen molar-refractivity contribution in [1.82, 2.24) is 4.98 Å². The second kappa shape index (κ2) is 10.6. The van der Waals surface area contributed by atoms with E-state index in [4.69, 9.17) is 4.74 Å². The lowest BCUT2D eigenvalue weighted by Gasteiger charge is -2.39. The Bertz CT molecular complexity index is 1100. The van der Waals surface area contributed by atoms with Crippen LogP contribution in [-0.2, 0) is 21.3 Å². The van der Waals surface area contributed by atoms with Gasteiger partial charge in [0, 0.05) is 24.2 Å². The molecule has 2 heterocycles. The van der Waals surface area contributed by atoms with Crippen LogP contribution in [0.4, 0.5) is 16.5 Å². The molecule has 12 heteroatoms. The quantitative estimate of drug-likeness (QED) is 0.251. The summed E-state index contributed by atoms with van der Waals surface area (Å²) in [6.07, 6.45) is 4.25. The number of rotatable bonds is 10. The van der Waals surface area contributed by atoms with E-state index < -0.39 is 16.1 Å². The number of nitrogens with one attached hydrogen (secondary N) is 2. The summed E-state index contributed by atoms with van der Waals surface area (Å²) in [7, 11) is -3.28. The van der Waals surface area contributed by atoms with Crippen molar-refractivity contribution in [2.75, 3.05) is 36.0 Å². The fraction of sp³-hybridized carbons (Fsp3) is 0.524. The van der Waals surface area contributed by atoms with E-state index >= 15 is 0 Å². The van der Waals surface area contributed by atoms with Gasteiger partial charge >= 0.3 is 5.97 Å². The van der Waals surface area contributed by atoms with E-state index in [1.165, 1.54) is 13.3 Å². The number of hydrogen-bond donors (Lipinski definition) is 3. The van der Waals surface area contributed by atoms with Crippen LogP contribution in [0.1, 0.15) is 55.3 Å². The van der Waals surface area contributed by atoms with Crippen molar-refractivity contribution in [2.45, 2.75) is 57.4 Å². The molecule has 0 radical (unpaired) electrons. The van der Waals surface area contributed by atoms with Gasteiger partial charge in [-0.05, 0) is 32.6 Å². The summed E-state index contributed by atoms with van der Waals surface area (Å²) in [5.41, 5.74) is 7.03. The highest BCUT2D eigenvalue weighted by molar-refractivity contribution is 7.86. The highest BCUT2D eigenvalue weighted by Crippen LogP contribution is 2.45. The first-order chi connectivity index (χ1) is 15.7. The molecule has 1 aliphatic rings. The molecule has 3 rings (SSSR count). The number of carbonyl (C=O) groups excluding carboxylic acids is 1. The smallest absolute Gasteiger partial charge is 0.349 e. The lowest BCUT2D eigenvalue weighted by atomic mass is 9.95. The normalized spacial score (nSPS) is 15.7. The lowest BCUT2D eigenvalue weighted by Crippen LogP contribution is -2.39. The summed E-state index contributed by atoms with van der Waals surface area (Å²) in [6.45, 7) is 7.36. The molecule has 0 aliphatic carbocycles. The number of hydrogen-bond acceptors (Lipinski definition) is 10.